The number of ether oxygens (including phenoxy) is 1. The lowest BCUT2D eigenvalue weighted by molar-refractivity contribution is 0.482. The molecule has 11 rings (SSSR count). The van der Waals surface area contributed by atoms with Crippen molar-refractivity contribution in [1.29, 1.82) is 0 Å². The monoisotopic (exact) mass is 1150 g/mol. The van der Waals surface area contributed by atoms with Crippen LogP contribution in [0.2, 0.25) is 0 Å². The first-order chi connectivity index (χ1) is 41.3. The third-order valence-corrected chi connectivity index (χ3v) is 15.9. The summed E-state index contributed by atoms with van der Waals surface area (Å²) in [4.78, 5) is 0. The van der Waals surface area contributed by atoms with Gasteiger partial charge in [0.25, 0.3) is 0 Å². The van der Waals surface area contributed by atoms with E-state index in [0.717, 1.165) is 11.5 Å². The molecule has 0 amide bonds. The summed E-state index contributed by atoms with van der Waals surface area (Å²) < 4.78 is 5.69. The topological polar surface area (TPSA) is 9.23 Å². The highest BCUT2D eigenvalue weighted by atomic mass is 16.5. The number of benzene rings is 11. The van der Waals surface area contributed by atoms with Gasteiger partial charge in [-0.25, -0.2) is 0 Å². The predicted molar refractivity (Wildman–Crippen MR) is 383 cm³/mol. The van der Waals surface area contributed by atoms with Gasteiger partial charge in [-0.05, 0) is 263 Å². The van der Waals surface area contributed by atoms with Gasteiger partial charge in [0.1, 0.15) is 11.5 Å². The van der Waals surface area contributed by atoms with E-state index in [-0.39, 0.29) is 0 Å². The van der Waals surface area contributed by atoms with Crippen LogP contribution in [-0.2, 0) is 0 Å². The van der Waals surface area contributed by atoms with E-state index >= 15 is 0 Å². The highest BCUT2D eigenvalue weighted by Crippen LogP contribution is 2.27. The molecule has 0 unspecified atom stereocenters. The lowest BCUT2D eigenvalue weighted by Gasteiger charge is -2.08. The molecule has 0 radical (unpaired) electrons. The number of aryl methyl sites for hydroxylation is 20. The van der Waals surface area contributed by atoms with Crippen LogP contribution in [0.25, 0.3) is 33.4 Å². The number of rotatable bonds is 5. The Morgan fingerprint density at radius 2 is 0.368 bits per heavy atom. The highest BCUT2D eigenvalue weighted by Gasteiger charge is 2.04. The van der Waals surface area contributed by atoms with Crippen molar-refractivity contribution in [3.05, 3.63) is 342 Å². The molecule has 1 heteroatoms. The van der Waals surface area contributed by atoms with Crippen LogP contribution >= 0.6 is 0 Å². The highest BCUT2D eigenvalue weighted by molar-refractivity contribution is 5.67. The number of hydrogen-bond acceptors (Lipinski definition) is 1. The molecule has 0 N–H and O–H groups in total. The van der Waals surface area contributed by atoms with Crippen molar-refractivity contribution in [3.63, 3.8) is 0 Å². The molecule has 0 fully saturated rings. The van der Waals surface area contributed by atoms with Gasteiger partial charge in [0.2, 0.25) is 0 Å². The van der Waals surface area contributed by atoms with E-state index in [2.05, 4.69) is 320 Å². The van der Waals surface area contributed by atoms with E-state index in [1.807, 2.05) is 48.5 Å². The van der Waals surface area contributed by atoms with Crippen molar-refractivity contribution >= 4 is 0 Å². The van der Waals surface area contributed by atoms with Crippen LogP contribution in [0, 0.1) is 138 Å². The smallest absolute Gasteiger partial charge is 0.127 e. The fourth-order valence-corrected chi connectivity index (χ4v) is 9.06. The van der Waals surface area contributed by atoms with Gasteiger partial charge < -0.3 is 4.74 Å². The second-order valence-electron chi connectivity index (χ2n) is 24.0. The lowest BCUT2D eigenvalue weighted by atomic mass is 9.98. The molecule has 0 saturated carbocycles. The second-order valence-corrected chi connectivity index (χ2v) is 24.0. The second kappa shape index (κ2) is 34.4. The van der Waals surface area contributed by atoms with Gasteiger partial charge in [-0.2, -0.15) is 0 Å². The fourth-order valence-electron chi connectivity index (χ4n) is 9.06. The summed E-state index contributed by atoms with van der Waals surface area (Å²) in [5, 5.41) is 0. The third-order valence-electron chi connectivity index (χ3n) is 15.9. The maximum atomic E-state index is 5.69. The molecule has 0 aliphatic heterocycles. The summed E-state index contributed by atoms with van der Waals surface area (Å²) in [7, 11) is 0. The molecule has 0 heterocycles. The van der Waals surface area contributed by atoms with E-state index in [1.54, 1.807) is 0 Å². The van der Waals surface area contributed by atoms with Gasteiger partial charge in [-0.1, -0.05) is 251 Å². The molecule has 1 nitrogen and oxygen atoms in total. The van der Waals surface area contributed by atoms with Gasteiger partial charge >= 0.3 is 0 Å². The zero-order valence-electron chi connectivity index (χ0n) is 56.3. The maximum Gasteiger partial charge on any atom is 0.127 e. The van der Waals surface area contributed by atoms with Crippen molar-refractivity contribution < 1.29 is 4.74 Å². The lowest BCUT2D eigenvalue weighted by Crippen LogP contribution is -1.86. The Labute approximate surface area is 526 Å². The quantitative estimate of drug-likeness (QED) is 0.167. The Hall–Kier alpha value is -8.78. The van der Waals surface area contributed by atoms with Gasteiger partial charge in [0.15, 0.2) is 0 Å². The summed E-state index contributed by atoms with van der Waals surface area (Å²) in [6.07, 6.45) is 0. The third kappa shape index (κ3) is 23.9. The molecule has 448 valence electrons. The molecule has 0 aliphatic rings. The Balaban J connectivity index is 0.000000187. The van der Waals surface area contributed by atoms with Crippen LogP contribution < -0.4 is 4.74 Å². The molecular weight excluding hydrogens is 1050 g/mol. The van der Waals surface area contributed by atoms with Crippen LogP contribution in [0.1, 0.15) is 111 Å². The van der Waals surface area contributed by atoms with Crippen LogP contribution in [0.3, 0.4) is 0 Å². The van der Waals surface area contributed by atoms with Crippen molar-refractivity contribution in [3.8, 4) is 44.9 Å². The molecule has 0 bridgehead atoms. The first-order valence-corrected chi connectivity index (χ1v) is 30.7. The van der Waals surface area contributed by atoms with Crippen LogP contribution in [0.15, 0.2) is 231 Å². The van der Waals surface area contributed by atoms with Crippen LogP contribution in [-0.4, -0.2) is 0 Å². The minimum absolute atomic E-state index is 0.879. The van der Waals surface area contributed by atoms with E-state index in [4.69, 9.17) is 4.74 Å². The average Bonchev–Trinajstić information content (AvgIpc) is 3.71. The summed E-state index contributed by atoms with van der Waals surface area (Å²) >= 11 is 0. The van der Waals surface area contributed by atoms with Crippen molar-refractivity contribution in [1.82, 2.24) is 0 Å². The molecule has 0 aliphatic carbocycles. The molecule has 11 aromatic rings. The number of hydrogen-bond donors (Lipinski definition) is 0. The van der Waals surface area contributed by atoms with Gasteiger partial charge in [-0.15, -0.1) is 0 Å². The zero-order valence-corrected chi connectivity index (χ0v) is 56.3. The Kier molecular flexibility index (Phi) is 27.3. The molecule has 0 aromatic heterocycles. The largest absolute Gasteiger partial charge is 0.457 e. The Bertz CT molecular complexity index is 3660. The summed E-state index contributed by atoms with van der Waals surface area (Å²) in [6, 6.07) is 81.4. The zero-order chi connectivity index (χ0) is 63.7. The standard InChI is InChI=1S/C16H18.C15H16.C14H14O.C14H14.C10H14.C9H12.C8H10/c1-11-5-7-15(9-13(11)3)16-8-6-12(2)14(4)10-16;1-11-5-4-6-14(9-11)15-8-7-12(2)13(3)10-15;1-11-3-7-13(8-4-11)15-14-9-5-12(2)6-10-14;1-11-3-7-13(8-4-11)14-9-5-12(2)6-10-14;1-7-5-9(3)10(4)6-8(7)2;1-7-4-5-8(2)9(3)6-7;1-7-3-5-8(2)6-4-7/h5-10H,1-4H3;4-10H,1-3H3;3-10H,1-2H3;3-10H,1-2H3;5-6H,1-4H3;4-6H,1-3H3;3-6H,1-2H3. The van der Waals surface area contributed by atoms with Gasteiger partial charge in [-0.3, -0.25) is 0 Å². The first-order valence-electron chi connectivity index (χ1n) is 30.7. The summed E-state index contributed by atoms with van der Waals surface area (Å²) in [5.41, 5.74) is 34.7. The summed E-state index contributed by atoms with van der Waals surface area (Å²) in [6.45, 7) is 42.6. The maximum absolute atomic E-state index is 5.69. The molecule has 11 aromatic carbocycles. The summed E-state index contributed by atoms with van der Waals surface area (Å²) in [5.74, 6) is 1.76. The minimum atomic E-state index is 0.879. The van der Waals surface area contributed by atoms with Gasteiger partial charge in [0, 0.05) is 0 Å². The van der Waals surface area contributed by atoms with E-state index < -0.39 is 0 Å². The van der Waals surface area contributed by atoms with E-state index in [9.17, 15) is 0 Å². The normalized spacial score (nSPS) is 10.1. The minimum Gasteiger partial charge on any atom is -0.457 e. The first kappa shape index (κ1) is 69.0. The Morgan fingerprint density at radius 3 is 0.644 bits per heavy atom. The molecule has 0 atom stereocenters. The molecule has 0 spiro atoms. The van der Waals surface area contributed by atoms with Crippen molar-refractivity contribution in [2.45, 2.75) is 138 Å². The average molecular weight is 1150 g/mol. The molecule has 0 saturated heterocycles. The van der Waals surface area contributed by atoms with Crippen LogP contribution in [0.4, 0.5) is 0 Å². The fraction of sp³-hybridized carbons (Fsp3) is 0.233. The molecular formula is C86H98O. The molecule has 87 heavy (non-hydrogen) atoms. The predicted octanol–water partition coefficient (Wildman–Crippen LogP) is 24.8. The van der Waals surface area contributed by atoms with E-state index in [1.165, 1.54) is 145 Å². The Morgan fingerprint density at radius 1 is 0.149 bits per heavy atom. The van der Waals surface area contributed by atoms with Gasteiger partial charge in [0.05, 0.1) is 0 Å². The van der Waals surface area contributed by atoms with Crippen LogP contribution in [0.5, 0.6) is 11.5 Å². The van der Waals surface area contributed by atoms with E-state index in [0.29, 0.717) is 0 Å². The SMILES string of the molecule is Cc1cc(C)c(C)cc1C.Cc1ccc(-c2ccc(C)c(C)c2)cc1C.Cc1ccc(-c2ccc(C)cc2)cc1.Cc1ccc(C)c(C)c1.Cc1ccc(C)cc1.Cc1ccc(Oc2ccc(C)cc2)cc1.Cc1cccc(-c2ccc(C)c(C)c2)c1. The van der Waals surface area contributed by atoms with Crippen molar-refractivity contribution in [2.75, 3.05) is 0 Å². The van der Waals surface area contributed by atoms with Crippen molar-refractivity contribution in [2.24, 2.45) is 0 Å².